The average Bonchev–Trinajstić information content (AvgIpc) is 3.05. The van der Waals surface area contributed by atoms with Gasteiger partial charge in [-0.15, -0.1) is 0 Å². The van der Waals surface area contributed by atoms with Crippen LogP contribution < -0.4 is 10.6 Å². The smallest absolute Gasteiger partial charge is 0.339 e. The fourth-order valence-corrected chi connectivity index (χ4v) is 1.83. The van der Waals surface area contributed by atoms with Crippen molar-refractivity contribution in [3.05, 3.63) is 17.8 Å². The minimum absolute atomic E-state index is 0.189. The lowest BCUT2D eigenvalue weighted by molar-refractivity contribution is 0.0697. The van der Waals surface area contributed by atoms with E-state index in [1.807, 2.05) is 11.8 Å². The molecule has 1 fully saturated rings. The minimum atomic E-state index is -0.978. The zero-order valence-corrected chi connectivity index (χ0v) is 9.18. The Labute approximate surface area is 93.9 Å². The van der Waals surface area contributed by atoms with Crippen molar-refractivity contribution in [2.24, 2.45) is 0 Å². The van der Waals surface area contributed by atoms with Crippen molar-refractivity contribution in [2.75, 3.05) is 17.2 Å². The van der Waals surface area contributed by atoms with E-state index in [1.54, 1.807) is 0 Å². The SMILES string of the molecule is CCN(c1ncc(N)cc1C(=O)O)C1CC1. The third-order valence-corrected chi connectivity index (χ3v) is 2.72. The van der Waals surface area contributed by atoms with Crippen molar-refractivity contribution in [1.82, 2.24) is 4.98 Å². The Morgan fingerprint density at radius 1 is 1.69 bits per heavy atom. The lowest BCUT2D eigenvalue weighted by Gasteiger charge is -2.23. The molecule has 1 saturated carbocycles. The lowest BCUT2D eigenvalue weighted by Crippen LogP contribution is -2.28. The number of anilines is 2. The molecule has 86 valence electrons. The van der Waals surface area contributed by atoms with Crippen LogP contribution >= 0.6 is 0 Å². The molecule has 0 atom stereocenters. The number of aromatic nitrogens is 1. The number of nitrogens with zero attached hydrogens (tertiary/aromatic N) is 2. The molecule has 0 bridgehead atoms. The van der Waals surface area contributed by atoms with Crippen LogP contribution in [0.4, 0.5) is 11.5 Å². The number of hydrogen-bond acceptors (Lipinski definition) is 4. The molecule has 0 spiro atoms. The Kier molecular flexibility index (Phi) is 2.68. The Morgan fingerprint density at radius 3 is 2.88 bits per heavy atom. The molecular formula is C11H15N3O2. The number of carbonyl (C=O) groups is 1. The number of carboxylic acid groups (broad SMARTS) is 1. The maximum atomic E-state index is 11.1. The summed E-state index contributed by atoms with van der Waals surface area (Å²) in [7, 11) is 0. The molecule has 0 unspecified atom stereocenters. The molecule has 3 N–H and O–H groups in total. The summed E-state index contributed by atoms with van der Waals surface area (Å²) in [6, 6.07) is 1.91. The molecule has 1 heterocycles. The van der Waals surface area contributed by atoms with Crippen LogP contribution in [0.15, 0.2) is 12.3 Å². The second-order valence-electron chi connectivity index (χ2n) is 3.96. The van der Waals surface area contributed by atoms with Crippen LogP contribution in [0.1, 0.15) is 30.1 Å². The highest BCUT2D eigenvalue weighted by molar-refractivity contribution is 5.94. The van der Waals surface area contributed by atoms with E-state index in [-0.39, 0.29) is 5.56 Å². The Balaban J connectivity index is 2.41. The van der Waals surface area contributed by atoms with Gasteiger partial charge in [0.15, 0.2) is 0 Å². The molecule has 16 heavy (non-hydrogen) atoms. The fraction of sp³-hybridized carbons (Fsp3) is 0.455. The molecule has 0 radical (unpaired) electrons. The number of nitrogen functional groups attached to an aromatic ring is 1. The van der Waals surface area contributed by atoms with Crippen molar-refractivity contribution < 1.29 is 9.90 Å². The molecule has 1 aromatic rings. The largest absolute Gasteiger partial charge is 0.478 e. The Morgan fingerprint density at radius 2 is 2.38 bits per heavy atom. The Hall–Kier alpha value is -1.78. The third kappa shape index (κ3) is 1.93. The first-order chi connectivity index (χ1) is 7.63. The van der Waals surface area contributed by atoms with Crippen LogP contribution in [0.5, 0.6) is 0 Å². The number of pyridine rings is 1. The van der Waals surface area contributed by atoms with Crippen LogP contribution in [0.3, 0.4) is 0 Å². The summed E-state index contributed by atoms with van der Waals surface area (Å²) in [6.45, 7) is 2.77. The van der Waals surface area contributed by atoms with Crippen molar-refractivity contribution >= 4 is 17.5 Å². The average molecular weight is 221 g/mol. The van der Waals surface area contributed by atoms with Crippen molar-refractivity contribution in [1.29, 1.82) is 0 Å². The number of carboxylic acids is 1. The normalized spacial score (nSPS) is 14.8. The number of nitrogens with two attached hydrogens (primary N) is 1. The van der Waals surface area contributed by atoms with Gasteiger partial charge in [-0.2, -0.15) is 0 Å². The van der Waals surface area contributed by atoms with Crippen LogP contribution in [0, 0.1) is 0 Å². The first kappa shape index (κ1) is 10.7. The van der Waals surface area contributed by atoms with E-state index in [0.717, 1.165) is 19.4 Å². The van der Waals surface area contributed by atoms with E-state index in [1.165, 1.54) is 12.3 Å². The van der Waals surface area contributed by atoms with Gasteiger partial charge in [-0.25, -0.2) is 9.78 Å². The van der Waals surface area contributed by atoms with Crippen LogP contribution in [-0.2, 0) is 0 Å². The monoisotopic (exact) mass is 221 g/mol. The number of aromatic carboxylic acids is 1. The van der Waals surface area contributed by atoms with E-state index < -0.39 is 5.97 Å². The molecule has 0 aromatic carbocycles. The van der Waals surface area contributed by atoms with Gasteiger partial charge in [-0.1, -0.05) is 0 Å². The molecule has 1 aliphatic rings. The van der Waals surface area contributed by atoms with E-state index in [2.05, 4.69) is 4.98 Å². The summed E-state index contributed by atoms with van der Waals surface area (Å²) in [5.74, 6) is -0.444. The maximum Gasteiger partial charge on any atom is 0.339 e. The van der Waals surface area contributed by atoms with Crippen molar-refractivity contribution in [2.45, 2.75) is 25.8 Å². The lowest BCUT2D eigenvalue weighted by atomic mass is 10.2. The molecule has 0 amide bonds. The second kappa shape index (κ2) is 4.00. The van der Waals surface area contributed by atoms with E-state index >= 15 is 0 Å². The Bertz CT molecular complexity index is 416. The van der Waals surface area contributed by atoms with Gasteiger partial charge in [-0.05, 0) is 25.8 Å². The van der Waals surface area contributed by atoms with Crippen molar-refractivity contribution in [3.63, 3.8) is 0 Å². The number of rotatable bonds is 4. The van der Waals surface area contributed by atoms with Crippen molar-refractivity contribution in [3.8, 4) is 0 Å². The van der Waals surface area contributed by atoms with E-state index in [4.69, 9.17) is 10.8 Å². The summed E-state index contributed by atoms with van der Waals surface area (Å²) in [4.78, 5) is 17.3. The minimum Gasteiger partial charge on any atom is -0.478 e. The number of hydrogen-bond donors (Lipinski definition) is 2. The van der Waals surface area contributed by atoms with Gasteiger partial charge < -0.3 is 15.7 Å². The van der Waals surface area contributed by atoms with Gasteiger partial charge in [0.05, 0.1) is 11.9 Å². The van der Waals surface area contributed by atoms with Gasteiger partial charge in [0.2, 0.25) is 0 Å². The molecule has 2 rings (SSSR count). The standard InChI is InChI=1S/C11H15N3O2/c1-2-14(8-3-4-8)10-9(11(15)16)5-7(12)6-13-10/h5-6,8H,2-4,12H2,1H3,(H,15,16). The highest BCUT2D eigenvalue weighted by Crippen LogP contribution is 2.32. The van der Waals surface area contributed by atoms with Gasteiger partial charge in [0, 0.05) is 12.6 Å². The zero-order valence-electron chi connectivity index (χ0n) is 9.18. The van der Waals surface area contributed by atoms with E-state index in [0.29, 0.717) is 17.5 Å². The first-order valence-electron chi connectivity index (χ1n) is 5.39. The molecule has 0 saturated heterocycles. The summed E-state index contributed by atoms with van der Waals surface area (Å²) in [6.07, 6.45) is 3.73. The predicted octanol–water partition coefficient (Wildman–Crippen LogP) is 1.35. The summed E-state index contributed by atoms with van der Waals surface area (Å²) < 4.78 is 0. The molecule has 1 aromatic heterocycles. The van der Waals surface area contributed by atoms with Gasteiger partial charge >= 0.3 is 5.97 Å². The van der Waals surface area contributed by atoms with Crippen LogP contribution in [0.25, 0.3) is 0 Å². The maximum absolute atomic E-state index is 11.1. The third-order valence-electron chi connectivity index (χ3n) is 2.72. The quantitative estimate of drug-likeness (QED) is 0.802. The second-order valence-corrected chi connectivity index (χ2v) is 3.96. The van der Waals surface area contributed by atoms with Gasteiger partial charge in [-0.3, -0.25) is 0 Å². The van der Waals surface area contributed by atoms with Crippen LogP contribution in [-0.4, -0.2) is 28.6 Å². The molecule has 0 aliphatic heterocycles. The molecular weight excluding hydrogens is 206 g/mol. The van der Waals surface area contributed by atoms with E-state index in [9.17, 15) is 4.79 Å². The van der Waals surface area contributed by atoms with Gasteiger partial charge in [0.1, 0.15) is 11.4 Å². The summed E-state index contributed by atoms with van der Waals surface area (Å²) >= 11 is 0. The van der Waals surface area contributed by atoms with Gasteiger partial charge in [0.25, 0.3) is 0 Å². The summed E-state index contributed by atoms with van der Waals surface area (Å²) in [5.41, 5.74) is 6.13. The highest BCUT2D eigenvalue weighted by atomic mass is 16.4. The predicted molar refractivity (Wildman–Crippen MR) is 61.7 cm³/mol. The topological polar surface area (TPSA) is 79.5 Å². The fourth-order valence-electron chi connectivity index (χ4n) is 1.83. The van der Waals surface area contributed by atoms with Crippen LogP contribution in [0.2, 0.25) is 0 Å². The summed E-state index contributed by atoms with van der Waals surface area (Å²) in [5, 5.41) is 9.11. The molecule has 5 heteroatoms. The molecule has 5 nitrogen and oxygen atoms in total. The first-order valence-corrected chi connectivity index (χ1v) is 5.39. The molecule has 1 aliphatic carbocycles. The highest BCUT2D eigenvalue weighted by Gasteiger charge is 2.31. The zero-order chi connectivity index (χ0) is 11.7.